The lowest BCUT2D eigenvalue weighted by Crippen LogP contribution is -2.28. The van der Waals surface area contributed by atoms with E-state index in [1.165, 1.54) is 6.20 Å². The lowest BCUT2D eigenvalue weighted by molar-refractivity contribution is 0.0794. The number of carbonyl (C=O) groups is 2. The fourth-order valence-electron chi connectivity index (χ4n) is 3.15. The van der Waals surface area contributed by atoms with Crippen molar-refractivity contribution in [2.45, 2.75) is 12.8 Å². The fourth-order valence-corrected chi connectivity index (χ4v) is 3.32. The van der Waals surface area contributed by atoms with Gasteiger partial charge >= 0.3 is 0 Å². The molecule has 0 aliphatic carbocycles. The maximum atomic E-state index is 12.8. The summed E-state index contributed by atoms with van der Waals surface area (Å²) >= 11 is 6.09. The van der Waals surface area contributed by atoms with Crippen molar-refractivity contribution in [3.63, 3.8) is 0 Å². The molecule has 0 unspecified atom stereocenters. The minimum atomic E-state index is -0.364. The van der Waals surface area contributed by atoms with Gasteiger partial charge in [0.05, 0.1) is 16.8 Å². The van der Waals surface area contributed by atoms with Gasteiger partial charge in [-0.3, -0.25) is 9.59 Å². The lowest BCUT2D eigenvalue weighted by atomic mass is 10.1. The predicted octanol–water partition coefficient (Wildman–Crippen LogP) is 3.41. The fraction of sp³-hybridized carbons (Fsp3) is 0.200. The quantitative estimate of drug-likeness (QED) is 0.734. The number of pyridine rings is 1. The number of rotatable bonds is 4. The zero-order chi connectivity index (χ0) is 19.5. The number of benzene rings is 1. The monoisotopic (exact) mass is 395 g/mol. The molecule has 0 spiro atoms. The largest absolute Gasteiger partial charge is 0.339 e. The molecule has 1 aliphatic rings. The van der Waals surface area contributed by atoms with Crippen LogP contribution in [-0.2, 0) is 0 Å². The van der Waals surface area contributed by atoms with Crippen LogP contribution in [-0.4, -0.2) is 44.6 Å². The average molecular weight is 396 g/mol. The number of hydrogen-bond donors (Lipinski definition) is 1. The molecule has 1 aliphatic heterocycles. The Labute approximate surface area is 166 Å². The molecule has 2 aromatic heterocycles. The van der Waals surface area contributed by atoms with Crippen molar-refractivity contribution in [3.05, 3.63) is 71.1 Å². The van der Waals surface area contributed by atoms with E-state index < -0.39 is 0 Å². The van der Waals surface area contributed by atoms with Gasteiger partial charge in [-0.2, -0.15) is 5.10 Å². The highest BCUT2D eigenvalue weighted by Gasteiger charge is 2.23. The Morgan fingerprint density at radius 1 is 1.11 bits per heavy atom. The molecule has 1 N–H and O–H groups in total. The summed E-state index contributed by atoms with van der Waals surface area (Å²) in [7, 11) is 0. The van der Waals surface area contributed by atoms with Gasteiger partial charge in [-0.15, -0.1) is 0 Å². The van der Waals surface area contributed by atoms with Gasteiger partial charge < -0.3 is 10.2 Å². The van der Waals surface area contributed by atoms with E-state index in [1.54, 1.807) is 58.4 Å². The SMILES string of the molecule is O=C(Nc1cc(Cl)ccc1C(=O)N1CCCC1)c1ccc(-n2cccn2)nc1. The Kier molecular flexibility index (Phi) is 5.08. The third-order valence-corrected chi connectivity index (χ3v) is 4.84. The number of aromatic nitrogens is 3. The topological polar surface area (TPSA) is 80.1 Å². The van der Waals surface area contributed by atoms with Gasteiger partial charge in [0.15, 0.2) is 5.82 Å². The summed E-state index contributed by atoms with van der Waals surface area (Å²) in [4.78, 5) is 31.5. The normalized spacial score (nSPS) is 13.5. The Morgan fingerprint density at radius 2 is 1.93 bits per heavy atom. The molecule has 7 nitrogen and oxygen atoms in total. The average Bonchev–Trinajstić information content (AvgIpc) is 3.42. The molecule has 142 valence electrons. The standard InChI is InChI=1S/C20H18ClN5O2/c21-15-5-6-16(20(28)25-9-1-2-10-25)17(12-15)24-19(27)14-4-7-18(22-13-14)26-11-3-8-23-26/h3-8,11-13H,1-2,9-10H2,(H,24,27). The smallest absolute Gasteiger partial charge is 0.257 e. The number of anilines is 1. The summed E-state index contributed by atoms with van der Waals surface area (Å²) in [6, 6.07) is 10.1. The van der Waals surface area contributed by atoms with E-state index in [-0.39, 0.29) is 11.8 Å². The van der Waals surface area contributed by atoms with Crippen LogP contribution >= 0.6 is 11.6 Å². The highest BCUT2D eigenvalue weighted by molar-refractivity contribution is 6.31. The van der Waals surface area contributed by atoms with Crippen molar-refractivity contribution < 1.29 is 9.59 Å². The molecule has 0 saturated carbocycles. The van der Waals surface area contributed by atoms with E-state index in [9.17, 15) is 9.59 Å². The van der Waals surface area contributed by atoms with E-state index in [1.807, 2.05) is 0 Å². The van der Waals surface area contributed by atoms with Crippen molar-refractivity contribution in [1.82, 2.24) is 19.7 Å². The van der Waals surface area contributed by atoms with Crippen molar-refractivity contribution in [2.24, 2.45) is 0 Å². The molecule has 0 bridgehead atoms. The maximum Gasteiger partial charge on any atom is 0.257 e. The predicted molar refractivity (Wildman–Crippen MR) is 106 cm³/mol. The summed E-state index contributed by atoms with van der Waals surface area (Å²) < 4.78 is 1.60. The minimum absolute atomic E-state index is 0.100. The first-order chi connectivity index (χ1) is 13.6. The van der Waals surface area contributed by atoms with Crippen LogP contribution in [0.15, 0.2) is 55.0 Å². The highest BCUT2D eigenvalue weighted by Crippen LogP contribution is 2.25. The van der Waals surface area contributed by atoms with Crippen LogP contribution in [0.1, 0.15) is 33.6 Å². The number of nitrogens with one attached hydrogen (secondary N) is 1. The van der Waals surface area contributed by atoms with E-state index in [0.717, 1.165) is 25.9 Å². The second kappa shape index (κ2) is 7.82. The van der Waals surface area contributed by atoms with E-state index >= 15 is 0 Å². The third kappa shape index (κ3) is 3.75. The Bertz CT molecular complexity index is 996. The first-order valence-electron chi connectivity index (χ1n) is 8.98. The number of amides is 2. The second-order valence-electron chi connectivity index (χ2n) is 6.50. The number of nitrogens with zero attached hydrogens (tertiary/aromatic N) is 4. The molecule has 1 saturated heterocycles. The van der Waals surface area contributed by atoms with E-state index in [4.69, 9.17) is 11.6 Å². The van der Waals surface area contributed by atoms with Gasteiger partial charge in [-0.1, -0.05) is 11.6 Å². The van der Waals surface area contributed by atoms with Gasteiger partial charge in [-0.05, 0) is 49.2 Å². The summed E-state index contributed by atoms with van der Waals surface area (Å²) in [6.45, 7) is 1.46. The van der Waals surface area contributed by atoms with Crippen molar-refractivity contribution >= 4 is 29.1 Å². The summed E-state index contributed by atoms with van der Waals surface area (Å²) in [6.07, 6.45) is 6.88. The molecule has 8 heteroatoms. The van der Waals surface area contributed by atoms with Gasteiger partial charge in [0.25, 0.3) is 11.8 Å². The molecular formula is C20H18ClN5O2. The highest BCUT2D eigenvalue weighted by atomic mass is 35.5. The molecular weight excluding hydrogens is 378 g/mol. The van der Waals surface area contributed by atoms with Crippen molar-refractivity contribution in [3.8, 4) is 5.82 Å². The van der Waals surface area contributed by atoms with Crippen LogP contribution in [0.4, 0.5) is 5.69 Å². The zero-order valence-corrected chi connectivity index (χ0v) is 15.8. The maximum absolute atomic E-state index is 12.8. The molecule has 4 rings (SSSR count). The van der Waals surface area contributed by atoms with Gasteiger partial charge in [0, 0.05) is 36.7 Å². The summed E-state index contributed by atoms with van der Waals surface area (Å²) in [5.74, 6) is 0.142. The molecule has 28 heavy (non-hydrogen) atoms. The van der Waals surface area contributed by atoms with Crippen LogP contribution in [0.25, 0.3) is 5.82 Å². The van der Waals surface area contributed by atoms with Crippen LogP contribution in [0.5, 0.6) is 0 Å². The first kappa shape index (κ1) is 18.2. The van der Waals surface area contributed by atoms with Crippen LogP contribution in [0, 0.1) is 0 Å². The molecule has 1 fully saturated rings. The van der Waals surface area contributed by atoms with Crippen molar-refractivity contribution in [2.75, 3.05) is 18.4 Å². The number of likely N-dealkylation sites (tertiary alicyclic amines) is 1. The number of hydrogen-bond acceptors (Lipinski definition) is 4. The molecule has 1 aromatic carbocycles. The number of carbonyl (C=O) groups excluding carboxylic acids is 2. The van der Waals surface area contributed by atoms with Crippen LogP contribution in [0.2, 0.25) is 5.02 Å². The Balaban J connectivity index is 1.55. The zero-order valence-electron chi connectivity index (χ0n) is 15.0. The van der Waals surface area contributed by atoms with E-state index in [2.05, 4.69) is 15.4 Å². The van der Waals surface area contributed by atoms with E-state index in [0.29, 0.717) is 27.7 Å². The van der Waals surface area contributed by atoms with Crippen molar-refractivity contribution in [1.29, 1.82) is 0 Å². The minimum Gasteiger partial charge on any atom is -0.339 e. The Hall–Kier alpha value is -3.19. The van der Waals surface area contributed by atoms with Gasteiger partial charge in [0.2, 0.25) is 0 Å². The molecule has 0 radical (unpaired) electrons. The first-order valence-corrected chi connectivity index (χ1v) is 9.36. The molecule has 3 heterocycles. The number of halogens is 1. The third-order valence-electron chi connectivity index (χ3n) is 4.60. The van der Waals surface area contributed by atoms with Crippen LogP contribution in [0.3, 0.4) is 0 Å². The second-order valence-corrected chi connectivity index (χ2v) is 6.94. The molecule has 2 amide bonds. The Morgan fingerprint density at radius 3 is 2.61 bits per heavy atom. The van der Waals surface area contributed by atoms with Gasteiger partial charge in [-0.25, -0.2) is 9.67 Å². The van der Waals surface area contributed by atoms with Crippen LogP contribution < -0.4 is 5.32 Å². The molecule has 3 aromatic rings. The lowest BCUT2D eigenvalue weighted by Gasteiger charge is -2.18. The summed E-state index contributed by atoms with van der Waals surface area (Å²) in [5.41, 5.74) is 1.20. The molecule has 0 atom stereocenters. The summed E-state index contributed by atoms with van der Waals surface area (Å²) in [5, 5.41) is 7.34. The van der Waals surface area contributed by atoms with Gasteiger partial charge in [0.1, 0.15) is 0 Å².